The Labute approximate surface area is 128 Å². The van der Waals surface area contributed by atoms with Crippen molar-refractivity contribution in [1.29, 1.82) is 0 Å². The Hall–Kier alpha value is -1.36. The van der Waals surface area contributed by atoms with Crippen LogP contribution in [0.4, 0.5) is 5.69 Å². The number of nitrogens with zero attached hydrogens (tertiary/aromatic N) is 2. The van der Waals surface area contributed by atoms with Gasteiger partial charge in [-0.25, -0.2) is 0 Å². The van der Waals surface area contributed by atoms with Crippen molar-refractivity contribution < 1.29 is 0 Å². The second kappa shape index (κ2) is 6.70. The molecule has 98 valence electrons. The van der Waals surface area contributed by atoms with Gasteiger partial charge in [0.05, 0.1) is 0 Å². The minimum absolute atomic E-state index is 0.938. The van der Waals surface area contributed by atoms with Crippen molar-refractivity contribution in [3.8, 4) is 0 Å². The van der Waals surface area contributed by atoms with Gasteiger partial charge in [0.15, 0.2) is 0 Å². The van der Waals surface area contributed by atoms with Gasteiger partial charge >= 0.3 is 0 Å². The Bertz CT molecular complexity index is 559. The molecule has 2 rings (SSSR count). The molecule has 0 bridgehead atoms. The Morgan fingerprint density at radius 2 is 1.89 bits per heavy atom. The van der Waals surface area contributed by atoms with Crippen LogP contribution >= 0.6 is 22.6 Å². The predicted molar refractivity (Wildman–Crippen MR) is 90.5 cm³/mol. The van der Waals surface area contributed by atoms with Crippen molar-refractivity contribution in [2.24, 2.45) is 0 Å². The second-order valence-electron chi connectivity index (χ2n) is 4.58. The molecule has 0 atom stereocenters. The van der Waals surface area contributed by atoms with Crippen LogP contribution in [0.15, 0.2) is 48.7 Å². The first kappa shape index (κ1) is 14.1. The molecule has 1 heterocycles. The Morgan fingerprint density at radius 3 is 2.53 bits per heavy atom. The number of rotatable bonds is 4. The van der Waals surface area contributed by atoms with Crippen LogP contribution in [-0.4, -0.2) is 19.1 Å². The summed E-state index contributed by atoms with van der Waals surface area (Å²) < 4.78 is 1.04. The van der Waals surface area contributed by atoms with Gasteiger partial charge in [-0.05, 0) is 64.4 Å². The third-order valence-electron chi connectivity index (χ3n) is 2.86. The van der Waals surface area contributed by atoms with E-state index in [0.717, 1.165) is 10.1 Å². The molecule has 1 aromatic carbocycles. The smallest absolute Gasteiger partial charge is 0.101 e. The highest BCUT2D eigenvalue weighted by molar-refractivity contribution is 14.1. The number of hydrogen-bond acceptors (Lipinski definition) is 2. The van der Waals surface area contributed by atoms with Crippen LogP contribution in [0.25, 0.3) is 6.08 Å². The van der Waals surface area contributed by atoms with Gasteiger partial charge in [0.2, 0.25) is 0 Å². The Kier molecular flexibility index (Phi) is 4.96. The fraction of sp³-hybridized carbons (Fsp3) is 0.188. The molecule has 1 aromatic heterocycles. The van der Waals surface area contributed by atoms with E-state index in [1.165, 1.54) is 16.8 Å². The molecule has 2 aromatic rings. The molecule has 2 nitrogen and oxygen atoms in total. The van der Waals surface area contributed by atoms with Crippen molar-refractivity contribution in [1.82, 2.24) is 4.98 Å². The molecule has 0 aliphatic rings. The van der Waals surface area contributed by atoms with Crippen LogP contribution in [-0.2, 0) is 6.42 Å². The number of hydrogen-bond donors (Lipinski definition) is 0. The lowest BCUT2D eigenvalue weighted by Gasteiger charge is -2.11. The van der Waals surface area contributed by atoms with Gasteiger partial charge in [-0.2, -0.15) is 0 Å². The minimum atomic E-state index is 0.938. The summed E-state index contributed by atoms with van der Waals surface area (Å²) in [4.78, 5) is 6.29. The zero-order chi connectivity index (χ0) is 13.7. The average molecular weight is 364 g/mol. The van der Waals surface area contributed by atoms with E-state index < -0.39 is 0 Å². The fourth-order valence-corrected chi connectivity index (χ4v) is 2.35. The number of halogens is 1. The maximum Gasteiger partial charge on any atom is 0.101 e. The number of pyridine rings is 1. The molecule has 0 aliphatic heterocycles. The van der Waals surface area contributed by atoms with Gasteiger partial charge in [0.25, 0.3) is 0 Å². The standard InChI is InChI=1S/C16H17IN2/c1-19(2)15-8-6-13(7-9-15)4-3-5-14-10-11-18-16(17)12-14/h3-4,6-12H,5H2,1-2H3. The molecule has 0 fully saturated rings. The number of anilines is 1. The molecule has 0 radical (unpaired) electrons. The first-order chi connectivity index (χ1) is 9.15. The minimum Gasteiger partial charge on any atom is -0.378 e. The number of benzene rings is 1. The molecule has 3 heteroatoms. The summed E-state index contributed by atoms with van der Waals surface area (Å²) in [5, 5.41) is 0. The van der Waals surface area contributed by atoms with Crippen LogP contribution in [0.1, 0.15) is 11.1 Å². The first-order valence-electron chi connectivity index (χ1n) is 6.19. The highest BCUT2D eigenvalue weighted by Crippen LogP contribution is 2.13. The molecular formula is C16H17IN2. The van der Waals surface area contributed by atoms with Crippen LogP contribution < -0.4 is 4.90 Å². The van der Waals surface area contributed by atoms with Gasteiger partial charge < -0.3 is 4.90 Å². The van der Waals surface area contributed by atoms with Gasteiger partial charge in [-0.3, -0.25) is 4.98 Å². The van der Waals surface area contributed by atoms with Crippen molar-refractivity contribution in [3.63, 3.8) is 0 Å². The van der Waals surface area contributed by atoms with E-state index in [2.05, 4.69) is 95.1 Å². The van der Waals surface area contributed by atoms with Crippen LogP contribution in [0, 0.1) is 3.70 Å². The lowest BCUT2D eigenvalue weighted by Crippen LogP contribution is -2.07. The van der Waals surface area contributed by atoms with Gasteiger partial charge in [-0.15, -0.1) is 0 Å². The maximum atomic E-state index is 4.19. The van der Waals surface area contributed by atoms with Gasteiger partial charge in [0, 0.05) is 26.0 Å². The monoisotopic (exact) mass is 364 g/mol. The molecule has 0 aliphatic carbocycles. The Balaban J connectivity index is 1.99. The largest absolute Gasteiger partial charge is 0.378 e. The summed E-state index contributed by atoms with van der Waals surface area (Å²) in [5.41, 5.74) is 3.75. The summed E-state index contributed by atoms with van der Waals surface area (Å²) >= 11 is 2.24. The summed E-state index contributed by atoms with van der Waals surface area (Å²) in [6, 6.07) is 12.7. The lowest BCUT2D eigenvalue weighted by molar-refractivity contribution is 1.13. The molecule has 0 saturated heterocycles. The van der Waals surface area contributed by atoms with E-state index in [9.17, 15) is 0 Å². The van der Waals surface area contributed by atoms with Crippen molar-refractivity contribution >= 4 is 34.4 Å². The molecule has 0 amide bonds. The SMILES string of the molecule is CN(C)c1ccc(C=CCc2ccnc(I)c2)cc1. The third-order valence-corrected chi connectivity index (χ3v) is 3.45. The fourth-order valence-electron chi connectivity index (χ4n) is 1.78. The first-order valence-corrected chi connectivity index (χ1v) is 7.27. The highest BCUT2D eigenvalue weighted by atomic mass is 127. The maximum absolute atomic E-state index is 4.19. The zero-order valence-corrected chi connectivity index (χ0v) is 13.3. The van der Waals surface area contributed by atoms with E-state index in [1.54, 1.807) is 0 Å². The van der Waals surface area contributed by atoms with Crippen molar-refractivity contribution in [3.05, 3.63) is 63.5 Å². The lowest BCUT2D eigenvalue weighted by atomic mass is 10.1. The molecule has 0 saturated carbocycles. The van der Waals surface area contributed by atoms with Gasteiger partial charge in [0.1, 0.15) is 3.70 Å². The third kappa shape index (κ3) is 4.35. The summed E-state index contributed by atoms with van der Waals surface area (Å²) in [7, 11) is 4.10. The van der Waals surface area contributed by atoms with E-state index in [0.29, 0.717) is 0 Å². The highest BCUT2D eigenvalue weighted by Gasteiger charge is 1.94. The number of allylic oxidation sites excluding steroid dienone is 1. The van der Waals surface area contributed by atoms with Crippen molar-refractivity contribution in [2.75, 3.05) is 19.0 Å². The summed E-state index contributed by atoms with van der Waals surface area (Å²) in [5.74, 6) is 0. The molecule has 0 N–H and O–H groups in total. The van der Waals surface area contributed by atoms with Crippen molar-refractivity contribution in [2.45, 2.75) is 6.42 Å². The van der Waals surface area contributed by atoms with Crippen LogP contribution in [0.5, 0.6) is 0 Å². The van der Waals surface area contributed by atoms with E-state index >= 15 is 0 Å². The van der Waals surface area contributed by atoms with Gasteiger partial charge in [-0.1, -0.05) is 24.3 Å². The quantitative estimate of drug-likeness (QED) is 0.602. The normalized spacial score (nSPS) is 10.9. The van der Waals surface area contributed by atoms with E-state index in [-0.39, 0.29) is 0 Å². The molecule has 19 heavy (non-hydrogen) atoms. The molecule has 0 spiro atoms. The summed E-state index contributed by atoms with van der Waals surface area (Å²) in [6.07, 6.45) is 7.15. The average Bonchev–Trinajstić information content (AvgIpc) is 2.39. The second-order valence-corrected chi connectivity index (χ2v) is 5.68. The topological polar surface area (TPSA) is 16.1 Å². The van der Waals surface area contributed by atoms with Crippen LogP contribution in [0.3, 0.4) is 0 Å². The zero-order valence-electron chi connectivity index (χ0n) is 11.2. The number of aromatic nitrogens is 1. The van der Waals surface area contributed by atoms with E-state index in [1.807, 2.05) is 6.20 Å². The van der Waals surface area contributed by atoms with Crippen LogP contribution in [0.2, 0.25) is 0 Å². The Morgan fingerprint density at radius 1 is 1.16 bits per heavy atom. The summed E-state index contributed by atoms with van der Waals surface area (Å²) in [6.45, 7) is 0. The predicted octanol–water partition coefficient (Wildman–Crippen LogP) is 4.01. The molecular weight excluding hydrogens is 347 g/mol. The molecule has 0 unspecified atom stereocenters. The van der Waals surface area contributed by atoms with E-state index in [4.69, 9.17) is 0 Å².